The number of halogens is 1. The quantitative estimate of drug-likeness (QED) is 0.863. The lowest BCUT2D eigenvalue weighted by molar-refractivity contribution is 0.102. The molecule has 82 valence electrons. The summed E-state index contributed by atoms with van der Waals surface area (Å²) in [7, 11) is 0. The fraction of sp³-hybridized carbons (Fsp3) is 0.111. The van der Waals surface area contributed by atoms with Crippen LogP contribution in [-0.4, -0.2) is 20.7 Å². The summed E-state index contributed by atoms with van der Waals surface area (Å²) in [6, 6.07) is 4.32. The summed E-state index contributed by atoms with van der Waals surface area (Å²) in [5, 5.41) is 9.51. The van der Waals surface area contributed by atoms with Gasteiger partial charge < -0.3 is 0 Å². The van der Waals surface area contributed by atoms with E-state index in [1.165, 1.54) is 12.1 Å². The highest BCUT2D eigenvalue weighted by Crippen LogP contribution is 2.13. The first-order valence-corrected chi connectivity index (χ1v) is 5.16. The lowest BCUT2D eigenvalue weighted by atomic mass is 10.1. The van der Waals surface area contributed by atoms with E-state index in [1.807, 2.05) is 0 Å². The second-order valence-electron chi connectivity index (χ2n) is 3.10. The molecule has 1 aromatic heterocycles. The smallest absolute Gasteiger partial charge is 0.260 e. The molecule has 1 N–H and O–H groups in total. The van der Waals surface area contributed by atoms with Gasteiger partial charge in [-0.15, -0.1) is 0 Å². The summed E-state index contributed by atoms with van der Waals surface area (Å²) in [6.45, 7) is 1.78. The lowest BCUT2D eigenvalue weighted by Gasteiger charge is -2.03. The number of nitrogens with zero attached hydrogens (tertiary/aromatic N) is 3. The third kappa shape index (κ3) is 2.19. The van der Waals surface area contributed by atoms with Crippen LogP contribution in [0, 0.1) is 12.7 Å². The van der Waals surface area contributed by atoms with Crippen LogP contribution in [0.15, 0.2) is 18.2 Å². The standard InChI is InChI=1S/C9H7FN4OS/c1-5-2-3-7(10)6(4-5)8(15)11-9-12-13-14-16-9/h2-4H,1H3,(H,11,12,14,15). The van der Waals surface area contributed by atoms with Crippen molar-refractivity contribution < 1.29 is 9.18 Å². The molecule has 5 nitrogen and oxygen atoms in total. The zero-order valence-electron chi connectivity index (χ0n) is 8.27. The van der Waals surface area contributed by atoms with Crippen molar-refractivity contribution in [1.29, 1.82) is 0 Å². The van der Waals surface area contributed by atoms with E-state index in [0.717, 1.165) is 17.1 Å². The van der Waals surface area contributed by atoms with Crippen LogP contribution in [0.3, 0.4) is 0 Å². The monoisotopic (exact) mass is 238 g/mol. The van der Waals surface area contributed by atoms with Gasteiger partial charge >= 0.3 is 0 Å². The Labute approximate surface area is 94.5 Å². The van der Waals surface area contributed by atoms with Crippen molar-refractivity contribution in [2.45, 2.75) is 6.92 Å². The van der Waals surface area contributed by atoms with Crippen LogP contribution in [0.25, 0.3) is 0 Å². The average Bonchev–Trinajstić information content (AvgIpc) is 2.74. The number of aryl methyl sites for hydroxylation is 1. The topological polar surface area (TPSA) is 67.8 Å². The lowest BCUT2D eigenvalue weighted by Crippen LogP contribution is -2.13. The summed E-state index contributed by atoms with van der Waals surface area (Å²) in [4.78, 5) is 11.6. The van der Waals surface area contributed by atoms with Gasteiger partial charge in [0.05, 0.1) is 5.56 Å². The predicted molar refractivity (Wildman–Crippen MR) is 56.8 cm³/mol. The summed E-state index contributed by atoms with van der Waals surface area (Å²) in [5.41, 5.74) is 0.789. The Morgan fingerprint density at radius 1 is 1.50 bits per heavy atom. The van der Waals surface area contributed by atoms with Crippen molar-refractivity contribution in [3.8, 4) is 0 Å². The molecule has 1 amide bonds. The van der Waals surface area contributed by atoms with Crippen LogP contribution >= 0.6 is 11.5 Å². The summed E-state index contributed by atoms with van der Waals surface area (Å²) >= 11 is 0.929. The van der Waals surface area contributed by atoms with Gasteiger partial charge in [0.25, 0.3) is 5.91 Å². The van der Waals surface area contributed by atoms with E-state index in [0.29, 0.717) is 0 Å². The first-order valence-electron chi connectivity index (χ1n) is 4.39. The molecule has 0 saturated carbocycles. The third-order valence-electron chi connectivity index (χ3n) is 1.89. The Kier molecular flexibility index (Phi) is 2.86. The highest BCUT2D eigenvalue weighted by atomic mass is 32.1. The van der Waals surface area contributed by atoms with E-state index in [4.69, 9.17) is 0 Å². The van der Waals surface area contributed by atoms with E-state index in [2.05, 4.69) is 20.1 Å². The molecule has 7 heteroatoms. The zero-order valence-corrected chi connectivity index (χ0v) is 9.08. The molecule has 0 aliphatic heterocycles. The van der Waals surface area contributed by atoms with Crippen LogP contribution < -0.4 is 5.32 Å². The molecule has 0 aliphatic rings. The summed E-state index contributed by atoms with van der Waals surface area (Å²) < 4.78 is 16.8. The molecule has 0 fully saturated rings. The van der Waals surface area contributed by atoms with Gasteiger partial charge in [0.2, 0.25) is 5.13 Å². The average molecular weight is 238 g/mol. The number of nitrogens with one attached hydrogen (secondary N) is 1. The number of aromatic nitrogens is 3. The molecule has 0 saturated heterocycles. The fourth-order valence-electron chi connectivity index (χ4n) is 1.16. The minimum atomic E-state index is -0.569. The van der Waals surface area contributed by atoms with Crippen molar-refractivity contribution in [2.24, 2.45) is 0 Å². The van der Waals surface area contributed by atoms with E-state index in [1.54, 1.807) is 13.0 Å². The maximum atomic E-state index is 13.3. The zero-order chi connectivity index (χ0) is 11.5. The van der Waals surface area contributed by atoms with Crippen LogP contribution in [0.4, 0.5) is 9.52 Å². The molecule has 2 aromatic rings. The highest BCUT2D eigenvalue weighted by molar-refractivity contribution is 7.09. The largest absolute Gasteiger partial charge is 0.295 e. The Hall–Kier alpha value is -1.89. The summed E-state index contributed by atoms with van der Waals surface area (Å²) in [6.07, 6.45) is 0. The molecular weight excluding hydrogens is 231 g/mol. The van der Waals surface area contributed by atoms with Crippen molar-refractivity contribution in [3.63, 3.8) is 0 Å². The minimum absolute atomic E-state index is 0.0183. The number of carbonyl (C=O) groups excluding carboxylic acids is 1. The second-order valence-corrected chi connectivity index (χ2v) is 3.84. The molecule has 1 aromatic carbocycles. The maximum absolute atomic E-state index is 13.3. The number of carbonyl (C=O) groups is 1. The van der Waals surface area contributed by atoms with E-state index in [9.17, 15) is 9.18 Å². The first-order chi connectivity index (χ1) is 7.66. The van der Waals surface area contributed by atoms with Gasteiger partial charge in [0.1, 0.15) is 5.82 Å². The number of benzene rings is 1. The SMILES string of the molecule is Cc1ccc(F)c(C(=O)Nc2nnns2)c1. The number of hydrogen-bond acceptors (Lipinski definition) is 5. The maximum Gasteiger partial charge on any atom is 0.260 e. The molecule has 0 aliphatic carbocycles. The Morgan fingerprint density at radius 3 is 3.00 bits per heavy atom. The van der Waals surface area contributed by atoms with Crippen LogP contribution in [0.2, 0.25) is 0 Å². The van der Waals surface area contributed by atoms with E-state index < -0.39 is 11.7 Å². The normalized spacial score (nSPS) is 10.1. The molecular formula is C9H7FN4OS. The van der Waals surface area contributed by atoms with Gasteiger partial charge in [-0.25, -0.2) is 4.39 Å². The molecule has 0 atom stereocenters. The van der Waals surface area contributed by atoms with Crippen molar-refractivity contribution in [2.75, 3.05) is 5.32 Å². The van der Waals surface area contributed by atoms with Gasteiger partial charge in [0.15, 0.2) is 0 Å². The van der Waals surface area contributed by atoms with Crippen molar-refractivity contribution in [3.05, 3.63) is 35.1 Å². The molecule has 0 spiro atoms. The first kappa shape index (κ1) is 10.6. The van der Waals surface area contributed by atoms with Crippen molar-refractivity contribution >= 4 is 22.6 Å². The van der Waals surface area contributed by atoms with Gasteiger partial charge in [-0.3, -0.25) is 10.1 Å². The Morgan fingerprint density at radius 2 is 2.31 bits per heavy atom. The summed E-state index contributed by atoms with van der Waals surface area (Å²) in [5.74, 6) is -1.12. The second kappa shape index (κ2) is 4.31. The van der Waals surface area contributed by atoms with Crippen LogP contribution in [0.5, 0.6) is 0 Å². The van der Waals surface area contributed by atoms with Crippen LogP contribution in [0.1, 0.15) is 15.9 Å². The molecule has 1 heterocycles. The highest BCUT2D eigenvalue weighted by Gasteiger charge is 2.13. The number of amides is 1. The minimum Gasteiger partial charge on any atom is -0.295 e. The molecule has 0 radical (unpaired) electrons. The number of anilines is 1. The van der Waals surface area contributed by atoms with Gasteiger partial charge in [-0.05, 0) is 24.3 Å². The number of rotatable bonds is 2. The molecule has 16 heavy (non-hydrogen) atoms. The van der Waals surface area contributed by atoms with Gasteiger partial charge in [-0.1, -0.05) is 21.2 Å². The molecule has 0 bridgehead atoms. The van der Waals surface area contributed by atoms with Gasteiger partial charge in [0, 0.05) is 11.5 Å². The van der Waals surface area contributed by atoms with E-state index >= 15 is 0 Å². The Bertz CT molecular complexity index is 514. The molecule has 0 unspecified atom stereocenters. The van der Waals surface area contributed by atoms with Crippen molar-refractivity contribution in [1.82, 2.24) is 14.8 Å². The number of hydrogen-bond donors (Lipinski definition) is 1. The third-order valence-corrected chi connectivity index (χ3v) is 2.40. The van der Waals surface area contributed by atoms with Crippen LogP contribution in [-0.2, 0) is 0 Å². The fourth-order valence-corrected chi connectivity index (χ4v) is 1.52. The van der Waals surface area contributed by atoms with E-state index in [-0.39, 0.29) is 10.7 Å². The predicted octanol–water partition coefficient (Wildman–Crippen LogP) is 1.63. The van der Waals surface area contributed by atoms with Gasteiger partial charge in [-0.2, -0.15) is 0 Å². The molecule has 2 rings (SSSR count). The Balaban J connectivity index is 2.24.